The Labute approximate surface area is 110 Å². The summed E-state index contributed by atoms with van der Waals surface area (Å²) in [4.78, 5) is 15.7. The van der Waals surface area contributed by atoms with E-state index in [0.29, 0.717) is 6.54 Å². The maximum Gasteiger partial charge on any atom is 0.251 e. The molecule has 0 bridgehead atoms. The fourth-order valence-corrected chi connectivity index (χ4v) is 1.71. The third-order valence-corrected chi connectivity index (χ3v) is 2.60. The second-order valence-corrected chi connectivity index (χ2v) is 4.15. The number of phenols is 2. The number of aryl methyl sites for hydroxylation is 1. The molecule has 0 aliphatic rings. The number of hydrogen-bond donors (Lipinski definition) is 3. The van der Waals surface area contributed by atoms with Gasteiger partial charge in [-0.3, -0.25) is 4.79 Å². The van der Waals surface area contributed by atoms with E-state index in [0.717, 1.165) is 13.0 Å². The number of nitrogens with one attached hydrogen (secondary N) is 1. The number of imidazole rings is 1. The lowest BCUT2D eigenvalue weighted by atomic mass is 10.2. The first-order valence-corrected chi connectivity index (χ1v) is 5.92. The molecule has 6 heteroatoms. The smallest absolute Gasteiger partial charge is 0.251 e. The Hall–Kier alpha value is -2.50. The van der Waals surface area contributed by atoms with Gasteiger partial charge >= 0.3 is 0 Å². The molecule has 0 fully saturated rings. The highest BCUT2D eigenvalue weighted by molar-refractivity contribution is 5.94. The molecule has 1 heterocycles. The standard InChI is InChI=1S/C13H15N3O3/c17-11-6-10(7-12(18)8-11)13(19)15-2-1-4-16-5-3-14-9-16/h3,5-9,17-18H,1-2,4H2,(H,15,19). The lowest BCUT2D eigenvalue weighted by Gasteiger charge is -2.06. The van der Waals surface area contributed by atoms with Crippen LogP contribution in [0.25, 0.3) is 0 Å². The number of carbonyl (C=O) groups excluding carboxylic acids is 1. The van der Waals surface area contributed by atoms with E-state index >= 15 is 0 Å². The summed E-state index contributed by atoms with van der Waals surface area (Å²) in [5, 5.41) is 21.3. The summed E-state index contributed by atoms with van der Waals surface area (Å²) < 4.78 is 1.92. The van der Waals surface area contributed by atoms with Gasteiger partial charge in [0.15, 0.2) is 0 Å². The molecule has 3 N–H and O–H groups in total. The van der Waals surface area contributed by atoms with Gasteiger partial charge in [0.05, 0.1) is 6.33 Å². The number of hydrogen-bond acceptors (Lipinski definition) is 4. The molecule has 2 rings (SSSR count). The number of aromatic nitrogens is 2. The van der Waals surface area contributed by atoms with Crippen LogP contribution in [0.15, 0.2) is 36.9 Å². The summed E-state index contributed by atoms with van der Waals surface area (Å²) >= 11 is 0. The van der Waals surface area contributed by atoms with Crippen LogP contribution < -0.4 is 5.32 Å². The normalized spacial score (nSPS) is 10.3. The first kappa shape index (κ1) is 12.9. The molecule has 1 amide bonds. The maximum absolute atomic E-state index is 11.8. The SMILES string of the molecule is O=C(NCCCn1ccnc1)c1cc(O)cc(O)c1. The number of aromatic hydroxyl groups is 2. The van der Waals surface area contributed by atoms with Gasteiger partial charge in [-0.05, 0) is 18.6 Å². The van der Waals surface area contributed by atoms with Crippen molar-refractivity contribution in [3.05, 3.63) is 42.5 Å². The van der Waals surface area contributed by atoms with Crippen LogP contribution in [-0.4, -0.2) is 32.2 Å². The monoisotopic (exact) mass is 261 g/mol. The van der Waals surface area contributed by atoms with E-state index in [2.05, 4.69) is 10.3 Å². The summed E-state index contributed by atoms with van der Waals surface area (Å²) in [6.45, 7) is 1.28. The molecule has 2 aromatic rings. The molecule has 0 saturated carbocycles. The molecule has 1 aromatic carbocycles. The Morgan fingerprint density at radius 1 is 1.26 bits per heavy atom. The first-order chi connectivity index (χ1) is 9.15. The Morgan fingerprint density at radius 2 is 2.00 bits per heavy atom. The predicted molar refractivity (Wildman–Crippen MR) is 68.9 cm³/mol. The molecular formula is C13H15N3O3. The lowest BCUT2D eigenvalue weighted by molar-refractivity contribution is 0.0952. The van der Waals surface area contributed by atoms with Crippen molar-refractivity contribution in [2.45, 2.75) is 13.0 Å². The first-order valence-electron chi connectivity index (χ1n) is 5.92. The van der Waals surface area contributed by atoms with E-state index in [1.54, 1.807) is 12.5 Å². The highest BCUT2D eigenvalue weighted by Gasteiger charge is 2.07. The number of phenolic OH excluding ortho intramolecular Hbond substituents is 2. The van der Waals surface area contributed by atoms with E-state index < -0.39 is 0 Å². The van der Waals surface area contributed by atoms with Crippen LogP contribution in [0.5, 0.6) is 11.5 Å². The van der Waals surface area contributed by atoms with Gasteiger partial charge in [-0.2, -0.15) is 0 Å². The summed E-state index contributed by atoms with van der Waals surface area (Å²) in [5.74, 6) is -0.594. The van der Waals surface area contributed by atoms with Crippen LogP contribution in [0.4, 0.5) is 0 Å². The second kappa shape index (κ2) is 5.90. The van der Waals surface area contributed by atoms with E-state index in [-0.39, 0.29) is 23.0 Å². The molecular weight excluding hydrogens is 246 g/mol. The van der Waals surface area contributed by atoms with Crippen molar-refractivity contribution in [1.82, 2.24) is 14.9 Å². The fourth-order valence-electron chi connectivity index (χ4n) is 1.71. The average Bonchev–Trinajstić information content (AvgIpc) is 2.86. The minimum absolute atomic E-state index is 0.136. The van der Waals surface area contributed by atoms with E-state index in [9.17, 15) is 15.0 Å². The van der Waals surface area contributed by atoms with Crippen LogP contribution in [0, 0.1) is 0 Å². The number of carbonyl (C=O) groups is 1. The number of rotatable bonds is 5. The molecule has 19 heavy (non-hydrogen) atoms. The van der Waals surface area contributed by atoms with Crippen molar-refractivity contribution in [2.24, 2.45) is 0 Å². The molecule has 0 radical (unpaired) electrons. The zero-order chi connectivity index (χ0) is 13.7. The lowest BCUT2D eigenvalue weighted by Crippen LogP contribution is -2.25. The van der Waals surface area contributed by atoms with Crippen molar-refractivity contribution >= 4 is 5.91 Å². The van der Waals surface area contributed by atoms with Crippen LogP contribution in [-0.2, 0) is 6.54 Å². The third kappa shape index (κ3) is 3.74. The topological polar surface area (TPSA) is 87.4 Å². The Balaban J connectivity index is 1.80. The number of benzene rings is 1. The molecule has 100 valence electrons. The van der Waals surface area contributed by atoms with Crippen molar-refractivity contribution < 1.29 is 15.0 Å². The largest absolute Gasteiger partial charge is 0.508 e. The summed E-state index contributed by atoms with van der Waals surface area (Å²) in [6.07, 6.45) is 6.05. The highest BCUT2D eigenvalue weighted by atomic mass is 16.3. The molecule has 1 aromatic heterocycles. The van der Waals surface area contributed by atoms with Gasteiger partial charge in [-0.25, -0.2) is 4.98 Å². The fraction of sp³-hybridized carbons (Fsp3) is 0.231. The summed E-state index contributed by atoms with van der Waals surface area (Å²) in [5.41, 5.74) is 0.236. The highest BCUT2D eigenvalue weighted by Crippen LogP contribution is 2.20. The number of nitrogens with zero attached hydrogens (tertiary/aromatic N) is 2. The van der Waals surface area contributed by atoms with E-state index in [1.807, 2.05) is 10.8 Å². The summed E-state index contributed by atoms with van der Waals surface area (Å²) in [7, 11) is 0. The number of amides is 1. The van der Waals surface area contributed by atoms with Gasteiger partial charge in [0.25, 0.3) is 5.91 Å². The van der Waals surface area contributed by atoms with Crippen LogP contribution in [0.1, 0.15) is 16.8 Å². The van der Waals surface area contributed by atoms with Gasteiger partial charge < -0.3 is 20.1 Å². The Kier molecular flexibility index (Phi) is 4.02. The average molecular weight is 261 g/mol. The van der Waals surface area contributed by atoms with Gasteiger partial charge in [0.1, 0.15) is 11.5 Å². The molecule has 0 saturated heterocycles. The van der Waals surface area contributed by atoms with Crippen LogP contribution in [0.2, 0.25) is 0 Å². The minimum Gasteiger partial charge on any atom is -0.508 e. The molecule has 0 unspecified atom stereocenters. The third-order valence-electron chi connectivity index (χ3n) is 2.60. The zero-order valence-electron chi connectivity index (χ0n) is 10.3. The molecule has 0 atom stereocenters. The van der Waals surface area contributed by atoms with Gasteiger partial charge in [0.2, 0.25) is 0 Å². The predicted octanol–water partition coefficient (Wildman–Crippen LogP) is 1.11. The van der Waals surface area contributed by atoms with Gasteiger partial charge in [-0.15, -0.1) is 0 Å². The van der Waals surface area contributed by atoms with Crippen molar-refractivity contribution in [3.8, 4) is 11.5 Å². The van der Waals surface area contributed by atoms with Gasteiger partial charge in [-0.1, -0.05) is 0 Å². The molecule has 0 aliphatic heterocycles. The second-order valence-electron chi connectivity index (χ2n) is 4.15. The van der Waals surface area contributed by atoms with Crippen molar-refractivity contribution in [2.75, 3.05) is 6.54 Å². The van der Waals surface area contributed by atoms with Crippen molar-refractivity contribution in [3.63, 3.8) is 0 Å². The molecule has 0 spiro atoms. The van der Waals surface area contributed by atoms with Crippen LogP contribution in [0.3, 0.4) is 0 Å². The van der Waals surface area contributed by atoms with E-state index in [1.165, 1.54) is 18.2 Å². The zero-order valence-corrected chi connectivity index (χ0v) is 10.3. The molecule has 0 aliphatic carbocycles. The maximum atomic E-state index is 11.8. The summed E-state index contributed by atoms with van der Waals surface area (Å²) in [6, 6.07) is 3.80. The van der Waals surface area contributed by atoms with Gasteiger partial charge in [0, 0.05) is 37.1 Å². The quantitative estimate of drug-likeness (QED) is 0.704. The van der Waals surface area contributed by atoms with Crippen molar-refractivity contribution in [1.29, 1.82) is 0 Å². The van der Waals surface area contributed by atoms with E-state index in [4.69, 9.17) is 0 Å². The molecule has 6 nitrogen and oxygen atoms in total. The Bertz CT molecular complexity index is 532. The van der Waals surface area contributed by atoms with Crippen LogP contribution >= 0.6 is 0 Å². The Morgan fingerprint density at radius 3 is 2.63 bits per heavy atom. The minimum atomic E-state index is -0.322.